The highest BCUT2D eigenvalue weighted by atomic mass is 32.2. The molecule has 8 heteroatoms. The third-order valence-corrected chi connectivity index (χ3v) is 6.00. The van der Waals surface area contributed by atoms with Gasteiger partial charge in [-0.2, -0.15) is 0 Å². The molecular weight excluding hydrogens is 402 g/mol. The van der Waals surface area contributed by atoms with E-state index in [-0.39, 0.29) is 30.6 Å². The number of carbonyl (C=O) groups is 2. The van der Waals surface area contributed by atoms with E-state index in [4.69, 9.17) is 4.74 Å². The van der Waals surface area contributed by atoms with Crippen LogP contribution >= 0.6 is 11.8 Å². The number of thioether (sulfide) groups is 1. The number of aromatic amines is 1. The summed E-state index contributed by atoms with van der Waals surface area (Å²) in [6.45, 7) is 0.988. The van der Waals surface area contributed by atoms with Crippen molar-refractivity contribution in [2.24, 2.45) is 5.92 Å². The Balaban J connectivity index is 1.31. The van der Waals surface area contributed by atoms with Gasteiger partial charge in [-0.3, -0.25) is 14.2 Å². The van der Waals surface area contributed by atoms with Gasteiger partial charge >= 0.3 is 11.7 Å². The highest BCUT2D eigenvalue weighted by Crippen LogP contribution is 2.28. The summed E-state index contributed by atoms with van der Waals surface area (Å²) >= 11 is 1.61. The lowest BCUT2D eigenvalue weighted by Gasteiger charge is -2.17. The lowest BCUT2D eigenvalue weighted by atomic mass is 10.1. The van der Waals surface area contributed by atoms with Gasteiger partial charge in [0.2, 0.25) is 5.91 Å². The maximum absolute atomic E-state index is 12.5. The maximum Gasteiger partial charge on any atom is 0.326 e. The van der Waals surface area contributed by atoms with E-state index in [0.717, 1.165) is 21.6 Å². The first-order valence-electron chi connectivity index (χ1n) is 9.85. The van der Waals surface area contributed by atoms with Crippen LogP contribution in [0.2, 0.25) is 0 Å². The zero-order chi connectivity index (χ0) is 21.1. The molecule has 1 saturated heterocycles. The van der Waals surface area contributed by atoms with Gasteiger partial charge in [-0.05, 0) is 43.0 Å². The number of fused-ring (bicyclic) bond motifs is 1. The molecule has 30 heavy (non-hydrogen) atoms. The van der Waals surface area contributed by atoms with Gasteiger partial charge in [-0.15, -0.1) is 11.8 Å². The number of hydrogen-bond donors (Lipinski definition) is 1. The van der Waals surface area contributed by atoms with Crippen molar-refractivity contribution in [3.8, 4) is 0 Å². The highest BCUT2D eigenvalue weighted by molar-refractivity contribution is 7.98. The van der Waals surface area contributed by atoms with Crippen molar-refractivity contribution < 1.29 is 14.3 Å². The summed E-state index contributed by atoms with van der Waals surface area (Å²) in [6.07, 6.45) is 2.66. The summed E-state index contributed by atoms with van der Waals surface area (Å²) in [5.41, 5.74) is 2.25. The van der Waals surface area contributed by atoms with Gasteiger partial charge < -0.3 is 14.6 Å². The monoisotopic (exact) mass is 425 g/mol. The molecule has 0 bridgehead atoms. The van der Waals surface area contributed by atoms with Crippen molar-refractivity contribution in [2.75, 3.05) is 24.3 Å². The molecule has 156 valence electrons. The van der Waals surface area contributed by atoms with Gasteiger partial charge in [-0.1, -0.05) is 18.2 Å². The lowest BCUT2D eigenvalue weighted by molar-refractivity contribution is -0.148. The SMILES string of the molecule is CSc1cccc(N2C[C@H](C(=O)OCCCn3c(=O)[nH]c4ccccc43)CC2=O)c1. The van der Waals surface area contributed by atoms with Crippen LogP contribution in [0.1, 0.15) is 12.8 Å². The molecule has 1 atom stereocenters. The summed E-state index contributed by atoms with van der Waals surface area (Å²) < 4.78 is 7.05. The van der Waals surface area contributed by atoms with E-state index >= 15 is 0 Å². The number of ether oxygens (including phenoxy) is 1. The number of nitrogens with one attached hydrogen (secondary N) is 1. The standard InChI is InChI=1S/C22H23N3O4S/c1-30-17-7-4-6-16(13-17)25-14-15(12-20(25)26)21(27)29-11-5-10-24-19-9-3-2-8-18(19)23-22(24)28/h2-4,6-9,13,15H,5,10-12,14H2,1H3,(H,23,28)/t15-/m1/s1. The Morgan fingerprint density at radius 3 is 2.87 bits per heavy atom. The van der Waals surface area contributed by atoms with E-state index in [1.807, 2.05) is 54.8 Å². The zero-order valence-electron chi connectivity index (χ0n) is 16.7. The number of nitrogens with zero attached hydrogens (tertiary/aromatic N) is 2. The number of aromatic nitrogens is 2. The fraction of sp³-hybridized carbons (Fsp3) is 0.318. The van der Waals surface area contributed by atoms with E-state index in [2.05, 4.69) is 4.98 Å². The van der Waals surface area contributed by atoms with Crippen molar-refractivity contribution in [1.82, 2.24) is 9.55 Å². The molecule has 7 nitrogen and oxygen atoms in total. The van der Waals surface area contributed by atoms with E-state index in [1.54, 1.807) is 21.2 Å². The number of H-pyrrole nitrogens is 1. The first-order chi connectivity index (χ1) is 14.6. The number of amides is 1. The van der Waals surface area contributed by atoms with Crippen molar-refractivity contribution >= 4 is 40.4 Å². The second kappa shape index (κ2) is 8.79. The lowest BCUT2D eigenvalue weighted by Crippen LogP contribution is -2.26. The number of imidazole rings is 1. The largest absolute Gasteiger partial charge is 0.465 e. The van der Waals surface area contributed by atoms with Crippen molar-refractivity contribution in [1.29, 1.82) is 0 Å². The fourth-order valence-corrected chi connectivity index (χ4v) is 4.19. The number of anilines is 1. The summed E-state index contributed by atoms with van der Waals surface area (Å²) in [7, 11) is 0. The predicted octanol–water partition coefficient (Wildman–Crippen LogP) is 3.04. The number of carbonyl (C=O) groups excluding carboxylic acids is 2. The van der Waals surface area contributed by atoms with Crippen LogP contribution in [0.25, 0.3) is 11.0 Å². The Labute approximate surface area is 178 Å². The van der Waals surface area contributed by atoms with Gasteiger partial charge in [0, 0.05) is 30.1 Å². The number of para-hydroxylation sites is 2. The highest BCUT2D eigenvalue weighted by Gasteiger charge is 2.36. The van der Waals surface area contributed by atoms with E-state index in [1.165, 1.54) is 0 Å². The van der Waals surface area contributed by atoms with Gasteiger partial charge in [0.25, 0.3) is 0 Å². The molecular formula is C22H23N3O4S. The Kier molecular flexibility index (Phi) is 5.94. The summed E-state index contributed by atoms with van der Waals surface area (Å²) in [6, 6.07) is 15.2. The van der Waals surface area contributed by atoms with Crippen LogP contribution in [0.5, 0.6) is 0 Å². The third kappa shape index (κ3) is 4.14. The third-order valence-electron chi connectivity index (χ3n) is 5.28. The molecule has 0 radical (unpaired) electrons. The minimum Gasteiger partial charge on any atom is -0.465 e. The topological polar surface area (TPSA) is 84.4 Å². The molecule has 0 aliphatic carbocycles. The van der Waals surface area contributed by atoms with Crippen molar-refractivity contribution in [2.45, 2.75) is 24.3 Å². The second-order valence-corrected chi connectivity index (χ2v) is 8.11. The van der Waals surface area contributed by atoms with Gasteiger partial charge in [0.05, 0.1) is 23.6 Å². The Morgan fingerprint density at radius 1 is 1.20 bits per heavy atom. The number of rotatable bonds is 7. The molecule has 4 rings (SSSR count). The van der Waals surface area contributed by atoms with Crippen LogP contribution in [0.15, 0.2) is 58.2 Å². The van der Waals surface area contributed by atoms with Gasteiger partial charge in [0.1, 0.15) is 0 Å². The first kappa shape index (κ1) is 20.3. The molecule has 1 aromatic heterocycles. The van der Waals surface area contributed by atoms with Crippen molar-refractivity contribution in [3.05, 3.63) is 59.0 Å². The molecule has 0 spiro atoms. The van der Waals surface area contributed by atoms with Gasteiger partial charge in [0.15, 0.2) is 0 Å². The van der Waals surface area contributed by atoms with Crippen LogP contribution in [0.4, 0.5) is 5.69 Å². The molecule has 1 amide bonds. The normalized spacial score (nSPS) is 16.4. The second-order valence-electron chi connectivity index (χ2n) is 7.23. The van der Waals surface area contributed by atoms with Crippen molar-refractivity contribution in [3.63, 3.8) is 0 Å². The van der Waals surface area contributed by atoms with Crippen LogP contribution in [0.3, 0.4) is 0 Å². The predicted molar refractivity (Wildman–Crippen MR) is 117 cm³/mol. The first-order valence-corrected chi connectivity index (χ1v) is 11.1. The quantitative estimate of drug-likeness (QED) is 0.357. The Hall–Kier alpha value is -3.00. The average Bonchev–Trinajstić information content (AvgIpc) is 3.30. The number of aryl methyl sites for hydroxylation is 1. The molecule has 1 fully saturated rings. The summed E-state index contributed by atoms with van der Waals surface area (Å²) in [5, 5.41) is 0. The van der Waals surface area contributed by atoms with Gasteiger partial charge in [-0.25, -0.2) is 4.79 Å². The molecule has 2 heterocycles. The average molecular weight is 426 g/mol. The van der Waals surface area contributed by atoms with E-state index in [0.29, 0.717) is 19.5 Å². The Bertz CT molecular complexity index is 1140. The van der Waals surface area contributed by atoms with Crippen LogP contribution < -0.4 is 10.6 Å². The van der Waals surface area contributed by atoms with E-state index < -0.39 is 5.92 Å². The molecule has 1 aliphatic rings. The van der Waals surface area contributed by atoms with Crippen LogP contribution in [-0.4, -0.2) is 40.8 Å². The summed E-state index contributed by atoms with van der Waals surface area (Å²) in [4.78, 5) is 42.5. The zero-order valence-corrected chi connectivity index (χ0v) is 17.5. The maximum atomic E-state index is 12.5. The fourth-order valence-electron chi connectivity index (χ4n) is 3.74. The number of hydrogen-bond acceptors (Lipinski definition) is 5. The Morgan fingerprint density at radius 2 is 2.03 bits per heavy atom. The number of benzene rings is 2. The molecule has 2 aromatic carbocycles. The van der Waals surface area contributed by atoms with E-state index in [9.17, 15) is 14.4 Å². The molecule has 0 unspecified atom stereocenters. The molecule has 1 N–H and O–H groups in total. The minimum absolute atomic E-state index is 0.0689. The smallest absolute Gasteiger partial charge is 0.326 e. The minimum atomic E-state index is -0.466. The van der Waals surface area contributed by atoms with Crippen LogP contribution in [-0.2, 0) is 20.9 Å². The molecule has 0 saturated carbocycles. The molecule has 1 aliphatic heterocycles. The number of esters is 1. The molecule has 3 aromatic rings. The summed E-state index contributed by atoms with van der Waals surface area (Å²) in [5.74, 6) is -0.898. The van der Waals surface area contributed by atoms with Crippen LogP contribution in [0, 0.1) is 5.92 Å².